The lowest BCUT2D eigenvalue weighted by Gasteiger charge is -2.13. The minimum absolute atomic E-state index is 0.246. The van der Waals surface area contributed by atoms with Crippen molar-refractivity contribution >= 4 is 11.8 Å². The van der Waals surface area contributed by atoms with Gasteiger partial charge in [-0.15, -0.1) is 11.8 Å². The molecule has 0 fully saturated rings. The van der Waals surface area contributed by atoms with E-state index in [9.17, 15) is 9.50 Å². The summed E-state index contributed by atoms with van der Waals surface area (Å²) in [6.07, 6.45) is 0.280. The molecule has 2 unspecified atom stereocenters. The molecule has 110 valence electrons. The molecule has 1 aliphatic heterocycles. The van der Waals surface area contributed by atoms with E-state index in [1.165, 1.54) is 16.5 Å². The zero-order chi connectivity index (χ0) is 14.8. The molecule has 0 aliphatic carbocycles. The standard InChI is InChI=1S/C17H17FO2S/c1-11(19)12-6-7-16(15(18)9-12)20-10-14-8-13-4-2-3-5-17(13)21-14/h2-7,9,11,14,19H,8,10H2,1H3. The highest BCUT2D eigenvalue weighted by molar-refractivity contribution is 8.00. The molecule has 0 spiro atoms. The highest BCUT2D eigenvalue weighted by atomic mass is 32.2. The highest BCUT2D eigenvalue weighted by Crippen LogP contribution is 2.37. The number of thioether (sulfide) groups is 1. The molecule has 2 aromatic rings. The lowest BCUT2D eigenvalue weighted by atomic mass is 10.1. The van der Waals surface area contributed by atoms with Crippen molar-refractivity contribution in [1.29, 1.82) is 0 Å². The first kappa shape index (κ1) is 14.4. The number of benzene rings is 2. The summed E-state index contributed by atoms with van der Waals surface area (Å²) < 4.78 is 19.5. The minimum Gasteiger partial charge on any atom is -0.489 e. The van der Waals surface area contributed by atoms with Crippen molar-refractivity contribution < 1.29 is 14.2 Å². The average Bonchev–Trinajstić information content (AvgIpc) is 2.88. The van der Waals surface area contributed by atoms with Gasteiger partial charge in [-0.05, 0) is 42.7 Å². The second kappa shape index (κ2) is 6.08. The van der Waals surface area contributed by atoms with Crippen molar-refractivity contribution in [3.8, 4) is 5.75 Å². The van der Waals surface area contributed by atoms with E-state index in [4.69, 9.17) is 4.74 Å². The van der Waals surface area contributed by atoms with E-state index in [-0.39, 0.29) is 5.75 Å². The Kier molecular flexibility index (Phi) is 4.17. The fraction of sp³-hybridized carbons (Fsp3) is 0.294. The van der Waals surface area contributed by atoms with Crippen LogP contribution in [0.1, 0.15) is 24.2 Å². The molecule has 0 radical (unpaired) electrons. The molecule has 21 heavy (non-hydrogen) atoms. The van der Waals surface area contributed by atoms with Crippen LogP contribution in [0.4, 0.5) is 4.39 Å². The molecule has 1 heterocycles. The fourth-order valence-corrected chi connectivity index (χ4v) is 3.64. The normalized spacial score (nSPS) is 18.3. The number of fused-ring (bicyclic) bond motifs is 1. The van der Waals surface area contributed by atoms with Crippen LogP contribution < -0.4 is 4.74 Å². The van der Waals surface area contributed by atoms with E-state index >= 15 is 0 Å². The largest absolute Gasteiger partial charge is 0.489 e. The Morgan fingerprint density at radius 3 is 2.86 bits per heavy atom. The number of aliphatic hydroxyl groups is 1. The average molecular weight is 304 g/mol. The van der Waals surface area contributed by atoms with Gasteiger partial charge in [0.2, 0.25) is 0 Å². The number of aliphatic hydroxyl groups excluding tert-OH is 1. The predicted molar refractivity (Wildman–Crippen MR) is 82.3 cm³/mol. The van der Waals surface area contributed by atoms with Crippen molar-refractivity contribution in [2.75, 3.05) is 6.61 Å². The predicted octanol–water partition coefficient (Wildman–Crippen LogP) is 3.97. The number of ether oxygens (including phenoxy) is 1. The Hall–Kier alpha value is -1.52. The first-order valence-corrected chi connectivity index (χ1v) is 7.86. The number of halogens is 1. The molecule has 2 nitrogen and oxygen atoms in total. The van der Waals surface area contributed by atoms with E-state index in [2.05, 4.69) is 12.1 Å². The first-order valence-electron chi connectivity index (χ1n) is 6.98. The van der Waals surface area contributed by atoms with Crippen LogP contribution in [0, 0.1) is 5.82 Å². The quantitative estimate of drug-likeness (QED) is 0.926. The van der Waals surface area contributed by atoms with E-state index in [0.717, 1.165) is 6.42 Å². The molecule has 1 N–H and O–H groups in total. The van der Waals surface area contributed by atoms with Crippen molar-refractivity contribution in [2.24, 2.45) is 0 Å². The van der Waals surface area contributed by atoms with Gasteiger partial charge in [-0.3, -0.25) is 0 Å². The zero-order valence-corrected chi connectivity index (χ0v) is 12.6. The van der Waals surface area contributed by atoms with Crippen molar-refractivity contribution in [3.63, 3.8) is 0 Å². The summed E-state index contributed by atoms with van der Waals surface area (Å²) in [5, 5.41) is 9.75. The van der Waals surface area contributed by atoms with Gasteiger partial charge in [0.15, 0.2) is 11.6 Å². The summed E-state index contributed by atoms with van der Waals surface area (Å²) in [6, 6.07) is 12.9. The molecule has 0 saturated heterocycles. The van der Waals surface area contributed by atoms with Crippen LogP contribution in [-0.4, -0.2) is 17.0 Å². The fourth-order valence-electron chi connectivity index (χ4n) is 2.42. The van der Waals surface area contributed by atoms with Gasteiger partial charge in [0.05, 0.1) is 6.10 Å². The molecule has 3 rings (SSSR count). The Morgan fingerprint density at radius 2 is 2.14 bits per heavy atom. The second-order valence-electron chi connectivity index (χ2n) is 5.23. The summed E-state index contributed by atoms with van der Waals surface area (Å²) in [5.74, 6) is -0.176. The van der Waals surface area contributed by atoms with Crippen LogP contribution in [0.5, 0.6) is 5.75 Å². The summed E-state index contributed by atoms with van der Waals surface area (Å²) >= 11 is 1.78. The molecule has 0 aromatic heterocycles. The molecular formula is C17H17FO2S. The maximum atomic E-state index is 13.9. The van der Waals surface area contributed by atoms with Gasteiger partial charge in [0.25, 0.3) is 0 Å². The molecule has 2 atom stereocenters. The number of rotatable bonds is 4. The van der Waals surface area contributed by atoms with E-state index in [0.29, 0.717) is 17.4 Å². The van der Waals surface area contributed by atoms with Gasteiger partial charge < -0.3 is 9.84 Å². The topological polar surface area (TPSA) is 29.5 Å². The van der Waals surface area contributed by atoms with Crippen LogP contribution in [-0.2, 0) is 6.42 Å². The van der Waals surface area contributed by atoms with Crippen molar-refractivity contribution in [3.05, 3.63) is 59.4 Å². The molecule has 0 bridgehead atoms. The Bertz CT molecular complexity index is 617. The third kappa shape index (κ3) is 3.22. The summed E-state index contributed by atoms with van der Waals surface area (Å²) in [5.41, 5.74) is 1.89. The van der Waals surface area contributed by atoms with Crippen molar-refractivity contribution in [2.45, 2.75) is 29.6 Å². The molecule has 1 aliphatic rings. The lowest BCUT2D eigenvalue weighted by molar-refractivity contribution is 0.198. The van der Waals surface area contributed by atoms with Crippen LogP contribution in [0.3, 0.4) is 0 Å². The number of hydrogen-bond donors (Lipinski definition) is 1. The molecule has 0 saturated carbocycles. The molecule has 4 heteroatoms. The third-order valence-electron chi connectivity index (χ3n) is 3.58. The maximum absolute atomic E-state index is 13.9. The maximum Gasteiger partial charge on any atom is 0.165 e. The van der Waals surface area contributed by atoms with Gasteiger partial charge in [-0.25, -0.2) is 4.39 Å². The van der Waals surface area contributed by atoms with Crippen LogP contribution in [0.15, 0.2) is 47.4 Å². The summed E-state index contributed by atoms with van der Waals surface area (Å²) in [6.45, 7) is 2.09. The highest BCUT2D eigenvalue weighted by Gasteiger charge is 2.22. The Labute approximate surface area is 128 Å². The lowest BCUT2D eigenvalue weighted by Crippen LogP contribution is -2.14. The van der Waals surface area contributed by atoms with Crippen LogP contribution in [0.2, 0.25) is 0 Å². The third-order valence-corrected chi connectivity index (χ3v) is 4.87. The van der Waals surface area contributed by atoms with Gasteiger partial charge in [-0.2, -0.15) is 0 Å². The van der Waals surface area contributed by atoms with Crippen LogP contribution >= 0.6 is 11.8 Å². The monoisotopic (exact) mass is 304 g/mol. The van der Waals surface area contributed by atoms with E-state index in [1.807, 2.05) is 12.1 Å². The van der Waals surface area contributed by atoms with Gasteiger partial charge in [0.1, 0.15) is 6.61 Å². The Morgan fingerprint density at radius 1 is 1.33 bits per heavy atom. The zero-order valence-electron chi connectivity index (χ0n) is 11.8. The van der Waals surface area contributed by atoms with Crippen molar-refractivity contribution in [1.82, 2.24) is 0 Å². The summed E-state index contributed by atoms with van der Waals surface area (Å²) in [7, 11) is 0. The number of hydrogen-bond acceptors (Lipinski definition) is 3. The summed E-state index contributed by atoms with van der Waals surface area (Å²) in [4.78, 5) is 1.29. The first-order chi connectivity index (χ1) is 10.1. The van der Waals surface area contributed by atoms with E-state index in [1.54, 1.807) is 30.8 Å². The van der Waals surface area contributed by atoms with Gasteiger partial charge in [-0.1, -0.05) is 24.3 Å². The second-order valence-corrected chi connectivity index (χ2v) is 6.57. The Balaban J connectivity index is 1.62. The van der Waals surface area contributed by atoms with Gasteiger partial charge >= 0.3 is 0 Å². The SMILES string of the molecule is CC(O)c1ccc(OCC2Cc3ccccc3S2)c(F)c1. The smallest absolute Gasteiger partial charge is 0.165 e. The molecule has 2 aromatic carbocycles. The molecular weight excluding hydrogens is 287 g/mol. The molecule has 0 amide bonds. The van der Waals surface area contributed by atoms with Crippen LogP contribution in [0.25, 0.3) is 0 Å². The minimum atomic E-state index is -0.673. The van der Waals surface area contributed by atoms with Gasteiger partial charge in [0, 0.05) is 10.1 Å². The van der Waals surface area contributed by atoms with E-state index < -0.39 is 11.9 Å².